The highest BCUT2D eigenvalue weighted by atomic mass is 19.3. The van der Waals surface area contributed by atoms with Crippen molar-refractivity contribution in [3.8, 4) is 5.75 Å². The molecule has 2 N–H and O–H groups in total. The van der Waals surface area contributed by atoms with E-state index in [-0.39, 0.29) is 17.6 Å². The van der Waals surface area contributed by atoms with E-state index in [0.717, 1.165) is 0 Å². The van der Waals surface area contributed by atoms with Crippen molar-refractivity contribution in [2.24, 2.45) is 11.8 Å². The molecule has 1 saturated carbocycles. The number of alkyl halides is 2. The Morgan fingerprint density at radius 3 is 2.65 bits per heavy atom. The Balaban J connectivity index is 2.03. The Morgan fingerprint density at radius 2 is 2.00 bits per heavy atom. The normalized spacial score (nSPS) is 21.0. The highest BCUT2D eigenvalue weighted by Crippen LogP contribution is 2.31. The van der Waals surface area contributed by atoms with Crippen LogP contribution in [0.25, 0.3) is 0 Å². The fraction of sp³-hybridized carbons (Fsp3) is 0.500. The number of hydrogen-bond donors (Lipinski definition) is 2. The molecule has 2 atom stereocenters. The number of halogens is 2. The van der Waals surface area contributed by atoms with E-state index in [2.05, 4.69) is 10.1 Å². The maximum absolute atomic E-state index is 12.3. The lowest BCUT2D eigenvalue weighted by Gasteiger charge is -2.25. The van der Waals surface area contributed by atoms with E-state index in [1.807, 2.05) is 0 Å². The van der Waals surface area contributed by atoms with Crippen LogP contribution in [0.1, 0.15) is 31.2 Å². The molecule has 2 rings (SSSR count). The summed E-state index contributed by atoms with van der Waals surface area (Å²) in [6.07, 6.45) is 2.19. The number of ether oxygens (including phenoxy) is 1. The van der Waals surface area contributed by atoms with Gasteiger partial charge in [-0.25, -0.2) is 0 Å². The third-order valence-electron chi connectivity index (χ3n) is 4.07. The summed E-state index contributed by atoms with van der Waals surface area (Å²) in [7, 11) is 0. The first kappa shape index (κ1) is 17.2. The number of aryl methyl sites for hydroxylation is 1. The van der Waals surface area contributed by atoms with Gasteiger partial charge < -0.3 is 15.2 Å². The van der Waals surface area contributed by atoms with Crippen LogP contribution >= 0.6 is 0 Å². The van der Waals surface area contributed by atoms with E-state index in [1.165, 1.54) is 6.07 Å². The molecule has 0 bridgehead atoms. The second-order valence-electron chi connectivity index (χ2n) is 5.75. The molecule has 0 heterocycles. The van der Waals surface area contributed by atoms with Crippen LogP contribution in [0.3, 0.4) is 0 Å². The van der Waals surface area contributed by atoms with Crippen molar-refractivity contribution in [1.82, 2.24) is 0 Å². The maximum atomic E-state index is 12.3. The monoisotopic (exact) mass is 327 g/mol. The Hall–Kier alpha value is -2.18. The fourth-order valence-corrected chi connectivity index (χ4v) is 2.80. The van der Waals surface area contributed by atoms with E-state index in [0.29, 0.717) is 36.9 Å². The number of amides is 1. The van der Waals surface area contributed by atoms with Gasteiger partial charge in [-0.1, -0.05) is 12.5 Å². The average molecular weight is 327 g/mol. The molecule has 1 fully saturated rings. The second-order valence-corrected chi connectivity index (χ2v) is 5.75. The van der Waals surface area contributed by atoms with E-state index in [9.17, 15) is 18.4 Å². The lowest BCUT2D eigenvalue weighted by atomic mass is 9.81. The van der Waals surface area contributed by atoms with Gasteiger partial charge in [0.1, 0.15) is 5.75 Å². The Kier molecular flexibility index (Phi) is 5.52. The molecule has 0 aromatic heterocycles. The molecule has 7 heteroatoms. The molecule has 0 spiro atoms. The number of benzene rings is 1. The molecule has 1 aliphatic carbocycles. The van der Waals surface area contributed by atoms with E-state index >= 15 is 0 Å². The van der Waals surface area contributed by atoms with Gasteiger partial charge in [0.2, 0.25) is 5.91 Å². The summed E-state index contributed by atoms with van der Waals surface area (Å²) in [5.41, 5.74) is 0.889. The molecule has 1 aliphatic rings. The van der Waals surface area contributed by atoms with Gasteiger partial charge in [-0.05, 0) is 37.8 Å². The molecule has 5 nitrogen and oxygen atoms in total. The molecule has 1 amide bonds. The number of carboxylic acid groups (broad SMARTS) is 1. The zero-order valence-electron chi connectivity index (χ0n) is 12.7. The number of aliphatic carboxylic acids is 1. The quantitative estimate of drug-likeness (QED) is 0.869. The minimum Gasteiger partial charge on any atom is -0.481 e. The topological polar surface area (TPSA) is 75.6 Å². The molecule has 1 aromatic carbocycles. The number of carboxylic acids is 1. The molecule has 2 unspecified atom stereocenters. The van der Waals surface area contributed by atoms with Gasteiger partial charge >= 0.3 is 12.6 Å². The van der Waals surface area contributed by atoms with E-state index < -0.39 is 18.5 Å². The zero-order valence-corrected chi connectivity index (χ0v) is 12.7. The molecule has 0 radical (unpaired) electrons. The van der Waals surface area contributed by atoms with Crippen LogP contribution in [0.5, 0.6) is 5.75 Å². The summed E-state index contributed by atoms with van der Waals surface area (Å²) >= 11 is 0. The third-order valence-corrected chi connectivity index (χ3v) is 4.07. The third kappa shape index (κ3) is 4.64. The van der Waals surface area contributed by atoms with Gasteiger partial charge in [0.15, 0.2) is 0 Å². The van der Waals surface area contributed by atoms with Crippen LogP contribution in [0.4, 0.5) is 14.5 Å². The van der Waals surface area contributed by atoms with Gasteiger partial charge in [-0.2, -0.15) is 8.78 Å². The number of anilines is 1. The summed E-state index contributed by atoms with van der Waals surface area (Å²) in [5.74, 6) is -2.06. The first-order chi connectivity index (χ1) is 10.9. The average Bonchev–Trinajstić information content (AvgIpc) is 2.50. The first-order valence-corrected chi connectivity index (χ1v) is 7.46. The van der Waals surface area contributed by atoms with Crippen molar-refractivity contribution in [3.05, 3.63) is 23.8 Å². The predicted octanol–water partition coefficient (Wildman–Crippen LogP) is 3.43. The minimum atomic E-state index is -2.94. The fourth-order valence-electron chi connectivity index (χ4n) is 2.80. The number of rotatable bonds is 5. The number of carbonyl (C=O) groups is 2. The molecule has 23 heavy (non-hydrogen) atoms. The van der Waals surface area contributed by atoms with Crippen LogP contribution < -0.4 is 10.1 Å². The van der Waals surface area contributed by atoms with Gasteiger partial charge in [-0.15, -0.1) is 0 Å². The summed E-state index contributed by atoms with van der Waals surface area (Å²) in [6.45, 7) is -1.31. The SMILES string of the molecule is Cc1ccc(NC(=O)C2CCCC(C(=O)O)C2)cc1OC(F)F. The summed E-state index contributed by atoms with van der Waals surface area (Å²) in [6, 6.07) is 4.52. The molecular weight excluding hydrogens is 308 g/mol. The van der Waals surface area contributed by atoms with Crippen molar-refractivity contribution in [3.63, 3.8) is 0 Å². The van der Waals surface area contributed by atoms with Gasteiger partial charge in [0.05, 0.1) is 5.92 Å². The predicted molar refractivity (Wildman–Crippen MR) is 79.5 cm³/mol. The molecule has 0 saturated heterocycles. The van der Waals surface area contributed by atoms with Crippen LogP contribution in [0.15, 0.2) is 18.2 Å². The highest BCUT2D eigenvalue weighted by molar-refractivity contribution is 5.93. The number of carbonyl (C=O) groups excluding carboxylic acids is 1. The standard InChI is InChI=1S/C16H19F2NO4/c1-9-5-6-12(8-13(9)23-16(17)18)19-14(20)10-3-2-4-11(7-10)15(21)22/h5-6,8,10-11,16H,2-4,7H2,1H3,(H,19,20)(H,21,22). The summed E-state index contributed by atoms with van der Waals surface area (Å²) in [4.78, 5) is 23.3. The number of hydrogen-bond acceptors (Lipinski definition) is 3. The zero-order chi connectivity index (χ0) is 17.0. The van der Waals surface area contributed by atoms with Crippen LogP contribution in [0, 0.1) is 18.8 Å². The van der Waals surface area contributed by atoms with Crippen molar-refractivity contribution in [2.75, 3.05) is 5.32 Å². The summed E-state index contributed by atoms with van der Waals surface area (Å²) in [5, 5.41) is 11.7. The Morgan fingerprint density at radius 1 is 1.30 bits per heavy atom. The molecule has 126 valence electrons. The van der Waals surface area contributed by atoms with Crippen molar-refractivity contribution in [2.45, 2.75) is 39.2 Å². The lowest BCUT2D eigenvalue weighted by molar-refractivity contribution is -0.143. The van der Waals surface area contributed by atoms with Crippen molar-refractivity contribution < 1.29 is 28.2 Å². The Labute approximate surface area is 132 Å². The smallest absolute Gasteiger partial charge is 0.387 e. The van der Waals surface area contributed by atoms with Gasteiger partial charge in [-0.3, -0.25) is 9.59 Å². The van der Waals surface area contributed by atoms with Crippen LogP contribution in [0.2, 0.25) is 0 Å². The van der Waals surface area contributed by atoms with E-state index in [1.54, 1.807) is 19.1 Å². The minimum absolute atomic E-state index is 0.00450. The Bertz CT molecular complexity index is 591. The largest absolute Gasteiger partial charge is 0.481 e. The highest BCUT2D eigenvalue weighted by Gasteiger charge is 2.31. The van der Waals surface area contributed by atoms with Crippen molar-refractivity contribution >= 4 is 17.6 Å². The van der Waals surface area contributed by atoms with Gasteiger partial charge in [0, 0.05) is 17.7 Å². The number of nitrogens with one attached hydrogen (secondary N) is 1. The van der Waals surface area contributed by atoms with E-state index in [4.69, 9.17) is 5.11 Å². The summed E-state index contributed by atoms with van der Waals surface area (Å²) < 4.78 is 29.1. The lowest BCUT2D eigenvalue weighted by Crippen LogP contribution is -2.30. The molecule has 0 aliphatic heterocycles. The van der Waals surface area contributed by atoms with Crippen molar-refractivity contribution in [1.29, 1.82) is 0 Å². The maximum Gasteiger partial charge on any atom is 0.387 e. The van der Waals surface area contributed by atoms with Gasteiger partial charge in [0.25, 0.3) is 0 Å². The van der Waals surface area contributed by atoms with Crippen LogP contribution in [-0.2, 0) is 9.59 Å². The first-order valence-electron chi connectivity index (χ1n) is 7.46. The van der Waals surface area contributed by atoms with Crippen LogP contribution in [-0.4, -0.2) is 23.6 Å². The second kappa shape index (κ2) is 7.39. The molecular formula is C16H19F2NO4. The molecule has 1 aromatic rings.